The van der Waals surface area contributed by atoms with E-state index in [0.717, 1.165) is 45.2 Å². The van der Waals surface area contributed by atoms with Crippen LogP contribution in [0.15, 0.2) is 30.4 Å². The highest BCUT2D eigenvalue weighted by molar-refractivity contribution is 6.36. The second-order valence-electron chi connectivity index (χ2n) is 16.5. The summed E-state index contributed by atoms with van der Waals surface area (Å²) in [6.45, 7) is 6.37. The number of halogens is 1. The van der Waals surface area contributed by atoms with Gasteiger partial charge < -0.3 is 44.3 Å². The molecule has 0 radical (unpaired) electrons. The van der Waals surface area contributed by atoms with Crippen molar-refractivity contribution in [2.75, 3.05) is 52.6 Å². The third-order valence-corrected chi connectivity index (χ3v) is 12.9. The average Bonchev–Trinajstić information content (AvgIpc) is 4.01. The number of amides is 3. The van der Waals surface area contributed by atoms with Gasteiger partial charge in [-0.25, -0.2) is 14.6 Å². The molecule has 1 aromatic heterocycles. The molecule has 15 nitrogen and oxygen atoms in total. The van der Waals surface area contributed by atoms with E-state index in [9.17, 15) is 24.3 Å². The molecule has 3 amide bonds. The van der Waals surface area contributed by atoms with Gasteiger partial charge in [0.1, 0.15) is 58.5 Å². The molecule has 16 heteroatoms. The van der Waals surface area contributed by atoms with Gasteiger partial charge in [0, 0.05) is 43.4 Å². The smallest absolute Gasteiger partial charge is 0.408 e. The number of nitrogens with one attached hydrogen (secondary N) is 2. The number of alkyl carbamates (subject to hydrolysis) is 1. The Hall–Kier alpha value is -4.34. The van der Waals surface area contributed by atoms with Crippen LogP contribution in [0.3, 0.4) is 0 Å². The number of ether oxygens (including phenoxy) is 5. The largest absolute Gasteiger partial charge is 0.491 e. The number of fused-ring (bicyclic) bond motifs is 4. The van der Waals surface area contributed by atoms with E-state index in [-0.39, 0.29) is 37.3 Å². The summed E-state index contributed by atoms with van der Waals surface area (Å²) < 4.78 is 29.8. The predicted molar refractivity (Wildman–Crippen MR) is 212 cm³/mol. The number of benzene rings is 1. The lowest BCUT2D eigenvalue weighted by molar-refractivity contribution is -0.145. The molecular formula is C42H54ClN5O10. The lowest BCUT2D eigenvalue weighted by Crippen LogP contribution is -2.56. The average molecular weight is 824 g/mol. The van der Waals surface area contributed by atoms with Crippen LogP contribution in [0, 0.1) is 17.8 Å². The lowest BCUT2D eigenvalue weighted by Gasteiger charge is -2.29. The van der Waals surface area contributed by atoms with E-state index in [2.05, 4.69) is 20.5 Å². The Morgan fingerprint density at radius 2 is 1.86 bits per heavy atom. The summed E-state index contributed by atoms with van der Waals surface area (Å²) in [6.07, 6.45) is 8.93. The molecule has 3 aliphatic heterocycles. The van der Waals surface area contributed by atoms with Crippen LogP contribution in [0.2, 0.25) is 5.02 Å². The van der Waals surface area contributed by atoms with E-state index >= 15 is 0 Å². The van der Waals surface area contributed by atoms with Crippen LogP contribution >= 0.6 is 11.6 Å². The van der Waals surface area contributed by atoms with Crippen molar-refractivity contribution in [3.8, 4) is 17.4 Å². The van der Waals surface area contributed by atoms with Crippen LogP contribution in [0.25, 0.3) is 10.9 Å². The SMILES string of the molecule is CCOc1cc(O[C@@H]2C[C@H]3C(=O)N[C@]4(C(=O)O)C[C@@H]4/C=C\CCCCC[C@H](NC(=O)OC4C[C@@H]5C[C@@H]5C4)C(=O)N3C2)c2ccc(OCCN3CCOCC3)c(Cl)c2n1. The number of aromatic nitrogens is 1. The molecule has 6 aliphatic rings. The molecule has 1 unspecified atom stereocenters. The molecular weight excluding hydrogens is 770 g/mol. The number of pyridine rings is 1. The first-order valence-corrected chi connectivity index (χ1v) is 21.3. The number of aliphatic carboxylic acids is 1. The Balaban J connectivity index is 1.04. The van der Waals surface area contributed by atoms with Crippen molar-refractivity contribution in [2.24, 2.45) is 17.8 Å². The number of nitrogens with zero attached hydrogens (tertiary/aromatic N) is 3. The monoisotopic (exact) mass is 823 g/mol. The van der Waals surface area contributed by atoms with Gasteiger partial charge in [-0.05, 0) is 75.8 Å². The molecule has 2 aromatic rings. The van der Waals surface area contributed by atoms with E-state index < -0.39 is 47.6 Å². The summed E-state index contributed by atoms with van der Waals surface area (Å²) >= 11 is 6.93. The van der Waals surface area contributed by atoms with Crippen LogP contribution in [0.1, 0.15) is 71.1 Å². The number of allylic oxidation sites excluding steroid dienone is 1. The molecule has 3 N–H and O–H groups in total. The highest BCUT2D eigenvalue weighted by Crippen LogP contribution is 2.52. The first-order chi connectivity index (χ1) is 28.1. The van der Waals surface area contributed by atoms with Crippen molar-refractivity contribution in [1.29, 1.82) is 0 Å². The lowest BCUT2D eigenvalue weighted by atomic mass is 10.0. The summed E-state index contributed by atoms with van der Waals surface area (Å²) in [6, 6.07) is 3.22. The molecule has 4 heterocycles. The normalized spacial score (nSPS) is 31.8. The number of carbonyl (C=O) groups is 4. The van der Waals surface area contributed by atoms with Crippen molar-refractivity contribution in [2.45, 2.75) is 101 Å². The van der Waals surface area contributed by atoms with Gasteiger partial charge >= 0.3 is 12.1 Å². The van der Waals surface area contributed by atoms with Gasteiger partial charge in [-0.1, -0.05) is 36.6 Å². The van der Waals surface area contributed by atoms with E-state index in [1.165, 1.54) is 11.3 Å². The molecule has 58 heavy (non-hydrogen) atoms. The maximum Gasteiger partial charge on any atom is 0.408 e. The zero-order chi connectivity index (χ0) is 40.4. The van der Waals surface area contributed by atoms with Crippen molar-refractivity contribution >= 4 is 46.4 Å². The predicted octanol–water partition coefficient (Wildman–Crippen LogP) is 4.72. The van der Waals surface area contributed by atoms with Gasteiger partial charge in [-0.2, -0.15) is 0 Å². The molecule has 0 spiro atoms. The Labute approximate surface area is 343 Å². The van der Waals surface area contributed by atoms with E-state index in [1.54, 1.807) is 12.1 Å². The van der Waals surface area contributed by atoms with Gasteiger partial charge in [-0.15, -0.1) is 0 Å². The molecule has 3 saturated carbocycles. The van der Waals surface area contributed by atoms with Crippen LogP contribution in [0.4, 0.5) is 4.79 Å². The topological polar surface area (TPSA) is 178 Å². The minimum atomic E-state index is -1.46. The number of hydrogen-bond acceptors (Lipinski definition) is 11. The number of carboxylic acids is 1. The van der Waals surface area contributed by atoms with E-state index in [1.807, 2.05) is 25.1 Å². The van der Waals surface area contributed by atoms with Crippen LogP contribution in [0.5, 0.6) is 17.4 Å². The molecule has 2 saturated heterocycles. The molecule has 314 valence electrons. The summed E-state index contributed by atoms with van der Waals surface area (Å²) in [5, 5.41) is 16.8. The minimum absolute atomic E-state index is 0.00376. The summed E-state index contributed by atoms with van der Waals surface area (Å²) in [5.41, 5.74) is -1.05. The minimum Gasteiger partial charge on any atom is -0.491 e. The Morgan fingerprint density at radius 3 is 2.64 bits per heavy atom. The zero-order valence-electron chi connectivity index (χ0n) is 33.0. The number of carboxylic acid groups (broad SMARTS) is 1. The van der Waals surface area contributed by atoms with Crippen LogP contribution < -0.4 is 24.8 Å². The Morgan fingerprint density at radius 1 is 1.05 bits per heavy atom. The number of morpholine rings is 1. The first-order valence-electron chi connectivity index (χ1n) is 21.0. The molecule has 8 rings (SSSR count). The highest BCUT2D eigenvalue weighted by atomic mass is 35.5. The van der Waals surface area contributed by atoms with Gasteiger partial charge in [0.15, 0.2) is 0 Å². The number of carbonyl (C=O) groups excluding carboxylic acids is 3. The van der Waals surface area contributed by atoms with Crippen molar-refractivity contribution < 1.29 is 48.0 Å². The maximum absolute atomic E-state index is 14.6. The van der Waals surface area contributed by atoms with Gasteiger partial charge in [0.05, 0.1) is 26.4 Å². The molecule has 3 aliphatic carbocycles. The standard InChI is InChI=1S/C42H54ClN5O10/c1-2-55-35-22-34(30-10-11-33(36(43)37(30)45-35)56-17-14-47-12-15-54-16-13-47)57-29-21-32-38(49)46-42(40(51)52)23-27(42)8-6-4-3-5-7-9-31(39(50)48(32)24-29)44-41(53)58-28-19-25-18-26(25)20-28/h6,8,10-11,22,25-29,31-32H,2-5,7,9,12-21,23-24H2,1H3,(H,44,53)(H,46,49)(H,51,52)/b8-6-/t25-,26+,27-,28?,29+,31-,32-,42+/m0/s1. The fraction of sp³-hybridized carbons (Fsp3) is 0.643. The van der Waals surface area contributed by atoms with Crippen LogP contribution in [-0.4, -0.2) is 126 Å². The fourth-order valence-corrected chi connectivity index (χ4v) is 9.40. The summed E-state index contributed by atoms with van der Waals surface area (Å²) in [7, 11) is 0. The second-order valence-corrected chi connectivity index (χ2v) is 16.9. The van der Waals surface area contributed by atoms with E-state index in [0.29, 0.717) is 85.1 Å². The third-order valence-electron chi connectivity index (χ3n) is 12.6. The second kappa shape index (κ2) is 17.5. The molecule has 0 bridgehead atoms. The molecule has 5 fully saturated rings. The number of hydrogen-bond donors (Lipinski definition) is 3. The van der Waals surface area contributed by atoms with E-state index in [4.69, 9.17) is 35.3 Å². The van der Waals surface area contributed by atoms with Crippen molar-refractivity contribution in [1.82, 2.24) is 25.4 Å². The van der Waals surface area contributed by atoms with Crippen LogP contribution in [-0.2, 0) is 23.9 Å². The summed E-state index contributed by atoms with van der Waals surface area (Å²) in [4.78, 5) is 63.0. The highest BCUT2D eigenvalue weighted by Gasteiger charge is 2.61. The summed E-state index contributed by atoms with van der Waals surface area (Å²) in [5.74, 6) is -0.154. The molecule has 8 atom stereocenters. The quantitative estimate of drug-likeness (QED) is 0.266. The zero-order valence-corrected chi connectivity index (χ0v) is 33.8. The Bertz CT molecular complexity index is 1900. The van der Waals surface area contributed by atoms with Crippen molar-refractivity contribution in [3.05, 3.63) is 35.4 Å². The first kappa shape index (κ1) is 40.4. The van der Waals surface area contributed by atoms with Gasteiger partial charge in [0.25, 0.3) is 0 Å². The van der Waals surface area contributed by atoms with Crippen molar-refractivity contribution in [3.63, 3.8) is 0 Å². The number of rotatable bonds is 11. The third kappa shape index (κ3) is 8.96. The maximum atomic E-state index is 14.6. The fourth-order valence-electron chi connectivity index (χ4n) is 9.14. The Kier molecular flexibility index (Phi) is 12.2. The van der Waals surface area contributed by atoms with Gasteiger partial charge in [0.2, 0.25) is 17.7 Å². The molecule has 1 aromatic carbocycles. The van der Waals surface area contributed by atoms with Gasteiger partial charge in [-0.3, -0.25) is 14.5 Å².